The summed E-state index contributed by atoms with van der Waals surface area (Å²) in [6, 6.07) is 4.78. The summed E-state index contributed by atoms with van der Waals surface area (Å²) in [6.45, 7) is 1.41. The second-order valence-corrected chi connectivity index (χ2v) is 3.51. The molecule has 0 aromatic carbocycles. The van der Waals surface area contributed by atoms with Crippen molar-refractivity contribution in [2.75, 3.05) is 5.32 Å². The fraction of sp³-hybridized carbons (Fsp3) is 0.0833. The molecule has 0 saturated carbocycles. The van der Waals surface area contributed by atoms with Crippen LogP contribution in [0, 0.1) is 5.82 Å². The summed E-state index contributed by atoms with van der Waals surface area (Å²) >= 11 is 0. The van der Waals surface area contributed by atoms with Crippen LogP contribution >= 0.6 is 0 Å². The Morgan fingerprint density at radius 2 is 2.06 bits per heavy atom. The molecule has 5 heteroatoms. The van der Waals surface area contributed by atoms with Gasteiger partial charge in [0.15, 0.2) is 0 Å². The molecule has 2 aromatic rings. The van der Waals surface area contributed by atoms with E-state index in [1.807, 2.05) is 0 Å². The van der Waals surface area contributed by atoms with E-state index in [1.54, 1.807) is 24.5 Å². The Balaban J connectivity index is 2.26. The van der Waals surface area contributed by atoms with Gasteiger partial charge >= 0.3 is 0 Å². The average molecular weight is 231 g/mol. The highest BCUT2D eigenvalue weighted by atomic mass is 19.1. The van der Waals surface area contributed by atoms with Crippen LogP contribution in [0.3, 0.4) is 0 Å². The molecular formula is C12H10FN3O. The molecule has 0 atom stereocenters. The number of halogens is 1. The van der Waals surface area contributed by atoms with Gasteiger partial charge in [-0.2, -0.15) is 0 Å². The van der Waals surface area contributed by atoms with Crippen LogP contribution in [0.15, 0.2) is 36.8 Å². The normalized spacial score (nSPS) is 10.0. The molecule has 1 N–H and O–H groups in total. The number of nitrogens with one attached hydrogen (secondary N) is 1. The Hall–Kier alpha value is -2.30. The lowest BCUT2D eigenvalue weighted by atomic mass is 10.1. The first-order valence-corrected chi connectivity index (χ1v) is 5.00. The molecule has 0 aliphatic heterocycles. The zero-order valence-corrected chi connectivity index (χ0v) is 9.14. The van der Waals surface area contributed by atoms with Crippen molar-refractivity contribution in [3.63, 3.8) is 0 Å². The van der Waals surface area contributed by atoms with Crippen LogP contribution in [-0.2, 0) is 4.79 Å². The molecule has 2 rings (SSSR count). The van der Waals surface area contributed by atoms with Gasteiger partial charge in [0.25, 0.3) is 0 Å². The standard InChI is InChI=1S/C12H10FN3O/c1-8(17)16-12-3-2-9(6-15-12)10-4-11(13)7-14-5-10/h2-7H,1H3,(H,15,16,17). The lowest BCUT2D eigenvalue weighted by Gasteiger charge is -2.03. The summed E-state index contributed by atoms with van der Waals surface area (Å²) < 4.78 is 13.0. The molecule has 0 aliphatic carbocycles. The summed E-state index contributed by atoms with van der Waals surface area (Å²) in [6.07, 6.45) is 4.25. The van der Waals surface area contributed by atoms with E-state index in [-0.39, 0.29) is 5.91 Å². The maximum Gasteiger partial charge on any atom is 0.222 e. The second kappa shape index (κ2) is 4.69. The van der Waals surface area contributed by atoms with Crippen LogP contribution in [-0.4, -0.2) is 15.9 Å². The van der Waals surface area contributed by atoms with Gasteiger partial charge in [-0.1, -0.05) is 0 Å². The first-order valence-electron chi connectivity index (χ1n) is 5.00. The van der Waals surface area contributed by atoms with Gasteiger partial charge in [-0.15, -0.1) is 0 Å². The molecule has 0 aliphatic rings. The van der Waals surface area contributed by atoms with E-state index in [4.69, 9.17) is 0 Å². The molecule has 0 saturated heterocycles. The minimum absolute atomic E-state index is 0.183. The van der Waals surface area contributed by atoms with E-state index in [2.05, 4.69) is 15.3 Å². The predicted molar refractivity (Wildman–Crippen MR) is 61.7 cm³/mol. The lowest BCUT2D eigenvalue weighted by Crippen LogP contribution is -2.06. The van der Waals surface area contributed by atoms with Crippen molar-refractivity contribution < 1.29 is 9.18 Å². The molecule has 4 nitrogen and oxygen atoms in total. The third-order valence-electron chi connectivity index (χ3n) is 2.11. The zero-order chi connectivity index (χ0) is 12.3. The third-order valence-corrected chi connectivity index (χ3v) is 2.11. The van der Waals surface area contributed by atoms with Gasteiger partial charge in [-0.25, -0.2) is 9.37 Å². The fourth-order valence-corrected chi connectivity index (χ4v) is 1.39. The minimum atomic E-state index is -0.395. The maximum atomic E-state index is 13.0. The molecule has 2 heterocycles. The van der Waals surface area contributed by atoms with Crippen LogP contribution in [0.4, 0.5) is 10.2 Å². The summed E-state index contributed by atoms with van der Waals surface area (Å²) in [5, 5.41) is 2.56. The highest BCUT2D eigenvalue weighted by Crippen LogP contribution is 2.19. The van der Waals surface area contributed by atoms with Crippen molar-refractivity contribution in [2.45, 2.75) is 6.92 Å². The average Bonchev–Trinajstić information content (AvgIpc) is 2.29. The number of hydrogen-bond donors (Lipinski definition) is 1. The molecule has 0 bridgehead atoms. The SMILES string of the molecule is CC(=O)Nc1ccc(-c2cncc(F)c2)cn1. The largest absolute Gasteiger partial charge is 0.311 e. The smallest absolute Gasteiger partial charge is 0.222 e. The number of carbonyl (C=O) groups excluding carboxylic acids is 1. The van der Waals surface area contributed by atoms with Gasteiger partial charge in [0.1, 0.15) is 11.6 Å². The molecule has 1 amide bonds. The van der Waals surface area contributed by atoms with Crippen LogP contribution < -0.4 is 5.32 Å². The number of carbonyl (C=O) groups is 1. The number of anilines is 1. The van der Waals surface area contributed by atoms with Crippen LogP contribution in [0.2, 0.25) is 0 Å². The van der Waals surface area contributed by atoms with Crippen LogP contribution in [0.5, 0.6) is 0 Å². The number of amides is 1. The number of aromatic nitrogens is 2. The van der Waals surface area contributed by atoms with Gasteiger partial charge in [-0.05, 0) is 18.2 Å². The van der Waals surface area contributed by atoms with Gasteiger partial charge in [0, 0.05) is 30.4 Å². The Morgan fingerprint density at radius 3 is 2.65 bits per heavy atom. The van der Waals surface area contributed by atoms with Crippen molar-refractivity contribution >= 4 is 11.7 Å². The summed E-state index contributed by atoms with van der Waals surface area (Å²) in [4.78, 5) is 18.6. The Morgan fingerprint density at radius 1 is 1.24 bits per heavy atom. The molecule has 2 aromatic heterocycles. The molecule has 0 spiro atoms. The van der Waals surface area contributed by atoms with Crippen LogP contribution in [0.25, 0.3) is 11.1 Å². The van der Waals surface area contributed by atoms with E-state index >= 15 is 0 Å². The number of nitrogens with zero attached hydrogens (tertiary/aromatic N) is 2. The maximum absolute atomic E-state index is 13.0. The number of rotatable bonds is 2. The van der Waals surface area contributed by atoms with Crippen LogP contribution in [0.1, 0.15) is 6.92 Å². The zero-order valence-electron chi connectivity index (χ0n) is 9.14. The number of pyridine rings is 2. The van der Waals surface area contributed by atoms with Crippen molar-refractivity contribution in [1.29, 1.82) is 0 Å². The van der Waals surface area contributed by atoms with Crippen molar-refractivity contribution in [2.24, 2.45) is 0 Å². The highest BCUT2D eigenvalue weighted by molar-refractivity contribution is 5.87. The fourth-order valence-electron chi connectivity index (χ4n) is 1.39. The number of hydrogen-bond acceptors (Lipinski definition) is 3. The van der Waals surface area contributed by atoms with Gasteiger partial charge in [-0.3, -0.25) is 9.78 Å². The van der Waals surface area contributed by atoms with Gasteiger partial charge in [0.05, 0.1) is 6.20 Å². The van der Waals surface area contributed by atoms with Gasteiger partial charge in [0.2, 0.25) is 5.91 Å². The van der Waals surface area contributed by atoms with E-state index in [0.29, 0.717) is 11.4 Å². The van der Waals surface area contributed by atoms with Crippen molar-refractivity contribution in [1.82, 2.24) is 9.97 Å². The molecule has 0 unspecified atom stereocenters. The summed E-state index contributed by atoms with van der Waals surface area (Å²) in [5.41, 5.74) is 1.39. The van der Waals surface area contributed by atoms with Gasteiger partial charge < -0.3 is 5.32 Å². The topological polar surface area (TPSA) is 54.9 Å². The first kappa shape index (κ1) is 11.2. The summed E-state index contributed by atoms with van der Waals surface area (Å²) in [7, 11) is 0. The van der Waals surface area contributed by atoms with E-state index in [0.717, 1.165) is 11.8 Å². The van der Waals surface area contributed by atoms with E-state index in [9.17, 15) is 9.18 Å². The highest BCUT2D eigenvalue weighted by Gasteiger charge is 2.02. The Kier molecular flexibility index (Phi) is 3.09. The predicted octanol–water partition coefficient (Wildman–Crippen LogP) is 2.24. The van der Waals surface area contributed by atoms with Crippen molar-refractivity contribution in [3.8, 4) is 11.1 Å². The monoisotopic (exact) mass is 231 g/mol. The molecule has 0 fully saturated rings. The van der Waals surface area contributed by atoms with Crippen molar-refractivity contribution in [3.05, 3.63) is 42.6 Å². The second-order valence-electron chi connectivity index (χ2n) is 3.51. The van der Waals surface area contributed by atoms with E-state index in [1.165, 1.54) is 13.0 Å². The molecule has 86 valence electrons. The first-order chi connectivity index (χ1) is 8.15. The quantitative estimate of drug-likeness (QED) is 0.862. The summed E-state index contributed by atoms with van der Waals surface area (Å²) in [5.74, 6) is -0.114. The molecule has 17 heavy (non-hydrogen) atoms. The minimum Gasteiger partial charge on any atom is -0.311 e. The Labute approximate surface area is 97.5 Å². The third kappa shape index (κ3) is 2.84. The lowest BCUT2D eigenvalue weighted by molar-refractivity contribution is -0.114. The Bertz CT molecular complexity index is 540. The molecule has 0 radical (unpaired) electrons. The van der Waals surface area contributed by atoms with E-state index < -0.39 is 5.82 Å². The molecular weight excluding hydrogens is 221 g/mol.